The van der Waals surface area contributed by atoms with Crippen LogP contribution in [0.15, 0.2) is 71.8 Å². The molecule has 1 aliphatic heterocycles. The Labute approximate surface area is 194 Å². The number of sulfone groups is 1. The molecule has 0 radical (unpaired) electrons. The van der Waals surface area contributed by atoms with Gasteiger partial charge in [-0.25, -0.2) is 21.2 Å². The zero-order chi connectivity index (χ0) is 23.8. The van der Waals surface area contributed by atoms with Gasteiger partial charge in [-0.3, -0.25) is 4.98 Å². The lowest BCUT2D eigenvalue weighted by Gasteiger charge is -2.37. The van der Waals surface area contributed by atoms with E-state index in [2.05, 4.69) is 4.98 Å². The van der Waals surface area contributed by atoms with E-state index in [0.717, 1.165) is 11.8 Å². The molecule has 0 bridgehead atoms. The Balaban J connectivity index is 1.60. The number of nitrogens with zero attached hydrogens (tertiary/aromatic N) is 2. The van der Waals surface area contributed by atoms with Crippen LogP contribution >= 0.6 is 0 Å². The second kappa shape index (κ2) is 8.96. The van der Waals surface area contributed by atoms with Gasteiger partial charge in [0, 0.05) is 36.2 Å². The van der Waals surface area contributed by atoms with Gasteiger partial charge in [-0.15, -0.1) is 0 Å². The molecule has 3 aromatic rings. The molecule has 1 fully saturated rings. The summed E-state index contributed by atoms with van der Waals surface area (Å²) >= 11 is 0. The van der Waals surface area contributed by atoms with Crippen molar-refractivity contribution >= 4 is 19.9 Å². The van der Waals surface area contributed by atoms with Crippen LogP contribution in [-0.4, -0.2) is 38.4 Å². The molecular weight excluding hydrogens is 463 g/mol. The quantitative estimate of drug-likeness (QED) is 0.533. The first-order valence-corrected chi connectivity index (χ1v) is 14.0. The summed E-state index contributed by atoms with van der Waals surface area (Å²) in [7, 11) is -7.04. The van der Waals surface area contributed by atoms with E-state index in [1.54, 1.807) is 12.1 Å². The third-order valence-corrected chi connectivity index (χ3v) is 9.50. The number of hydrogen-bond acceptors (Lipinski definition) is 5. The molecule has 6 nitrogen and oxygen atoms in total. The lowest BCUT2D eigenvalue weighted by atomic mass is 10.0. The third kappa shape index (κ3) is 4.85. The van der Waals surface area contributed by atoms with Crippen LogP contribution in [0.25, 0.3) is 11.3 Å². The zero-order valence-electron chi connectivity index (χ0n) is 18.3. The number of pyridine rings is 1. The van der Waals surface area contributed by atoms with E-state index in [0.29, 0.717) is 24.1 Å². The summed E-state index contributed by atoms with van der Waals surface area (Å²) in [5.74, 6) is -0.536. The summed E-state index contributed by atoms with van der Waals surface area (Å²) in [6.45, 7) is 1.79. The first-order valence-electron chi connectivity index (χ1n) is 10.6. The molecule has 33 heavy (non-hydrogen) atoms. The fourth-order valence-corrected chi connectivity index (χ4v) is 6.87. The topological polar surface area (TPSA) is 84.4 Å². The van der Waals surface area contributed by atoms with Gasteiger partial charge >= 0.3 is 0 Å². The summed E-state index contributed by atoms with van der Waals surface area (Å²) in [4.78, 5) is 4.21. The average Bonchev–Trinajstić information content (AvgIpc) is 2.77. The van der Waals surface area contributed by atoms with E-state index in [1.165, 1.54) is 28.7 Å². The van der Waals surface area contributed by atoms with E-state index < -0.39 is 30.9 Å². The molecule has 174 valence electrons. The Morgan fingerprint density at radius 1 is 1.06 bits per heavy atom. The molecule has 1 unspecified atom stereocenters. The fraction of sp³-hybridized carbons (Fsp3) is 0.292. The molecule has 4 rings (SSSR count). The van der Waals surface area contributed by atoms with Gasteiger partial charge in [0.25, 0.3) is 0 Å². The first-order chi connectivity index (χ1) is 15.6. The highest BCUT2D eigenvalue weighted by Crippen LogP contribution is 2.38. The van der Waals surface area contributed by atoms with Gasteiger partial charge in [-0.2, -0.15) is 4.31 Å². The molecule has 1 saturated heterocycles. The number of aromatic nitrogens is 1. The molecule has 0 spiro atoms. The monoisotopic (exact) mass is 488 g/mol. The molecule has 0 amide bonds. The second-order valence-electron chi connectivity index (χ2n) is 8.37. The van der Waals surface area contributed by atoms with E-state index in [4.69, 9.17) is 0 Å². The Morgan fingerprint density at radius 3 is 2.39 bits per heavy atom. The molecule has 1 aromatic heterocycles. The minimum Gasteiger partial charge on any atom is -0.255 e. The van der Waals surface area contributed by atoms with Crippen molar-refractivity contribution in [2.45, 2.75) is 42.5 Å². The van der Waals surface area contributed by atoms with Crippen LogP contribution in [0.5, 0.6) is 0 Å². The maximum atomic E-state index is 15.0. The number of halogens is 1. The molecule has 1 aliphatic rings. The Morgan fingerprint density at radius 2 is 1.79 bits per heavy atom. The van der Waals surface area contributed by atoms with Crippen molar-refractivity contribution in [3.63, 3.8) is 0 Å². The minimum atomic E-state index is -3.67. The molecule has 0 saturated carbocycles. The lowest BCUT2D eigenvalue weighted by Crippen LogP contribution is -2.44. The molecule has 2 heterocycles. The predicted molar refractivity (Wildman–Crippen MR) is 125 cm³/mol. The van der Waals surface area contributed by atoms with Crippen LogP contribution in [0.1, 0.15) is 36.1 Å². The van der Waals surface area contributed by atoms with Crippen molar-refractivity contribution < 1.29 is 21.2 Å². The van der Waals surface area contributed by atoms with Crippen molar-refractivity contribution in [1.82, 2.24) is 9.29 Å². The zero-order valence-corrected chi connectivity index (χ0v) is 20.0. The van der Waals surface area contributed by atoms with Gasteiger partial charge in [-0.1, -0.05) is 42.5 Å². The lowest BCUT2D eigenvalue weighted by molar-refractivity contribution is 0.279. The van der Waals surface area contributed by atoms with E-state index >= 15 is 4.39 Å². The summed E-state index contributed by atoms with van der Waals surface area (Å²) < 4.78 is 66.4. The summed E-state index contributed by atoms with van der Waals surface area (Å²) in [6, 6.07) is 16.3. The maximum absolute atomic E-state index is 15.0. The van der Waals surface area contributed by atoms with Gasteiger partial charge in [0.1, 0.15) is 11.1 Å². The standard InChI is InChI=1S/C24H25FN2O4S2/c1-17-8-13-24(18-6-4-3-5-7-18)33(30,31)27(17)16-20-10-9-19(14-22(20)25)23-12-11-21(15-26-23)32(2,28)29/h3-7,9-12,14-15,17,24H,8,13,16H2,1-2H3/t17-,24?/m0/s1. The largest absolute Gasteiger partial charge is 0.255 e. The Hall–Kier alpha value is -2.62. The third-order valence-electron chi connectivity index (χ3n) is 6.04. The molecule has 2 atom stereocenters. The fourth-order valence-electron chi connectivity index (χ4n) is 4.13. The number of benzene rings is 2. The average molecular weight is 489 g/mol. The summed E-state index contributed by atoms with van der Waals surface area (Å²) in [5.41, 5.74) is 1.92. The van der Waals surface area contributed by atoms with Crippen molar-refractivity contribution in [1.29, 1.82) is 0 Å². The number of hydrogen-bond donors (Lipinski definition) is 0. The maximum Gasteiger partial charge on any atom is 0.221 e. The smallest absolute Gasteiger partial charge is 0.221 e. The summed E-state index contributed by atoms with van der Waals surface area (Å²) in [5, 5.41) is -0.644. The molecular formula is C24H25FN2O4S2. The molecule has 2 aromatic carbocycles. The van der Waals surface area contributed by atoms with Gasteiger partial charge in [0.05, 0.1) is 10.6 Å². The highest BCUT2D eigenvalue weighted by Gasteiger charge is 2.40. The Bertz CT molecular complexity index is 1360. The van der Waals surface area contributed by atoms with Crippen LogP contribution in [0.2, 0.25) is 0 Å². The van der Waals surface area contributed by atoms with Crippen molar-refractivity contribution in [3.05, 3.63) is 83.8 Å². The van der Waals surface area contributed by atoms with Crippen molar-refractivity contribution in [2.75, 3.05) is 6.26 Å². The number of sulfonamides is 1. The normalized spacial score (nSPS) is 21.1. The minimum absolute atomic E-state index is 0.0562. The predicted octanol–water partition coefficient (Wildman–Crippen LogP) is 4.35. The highest BCUT2D eigenvalue weighted by molar-refractivity contribution is 7.90. The number of rotatable bonds is 5. The molecule has 0 N–H and O–H groups in total. The first kappa shape index (κ1) is 23.5. The second-order valence-corrected chi connectivity index (χ2v) is 12.5. The molecule has 0 aliphatic carbocycles. The van der Waals surface area contributed by atoms with Gasteiger partial charge in [0.15, 0.2) is 9.84 Å². The van der Waals surface area contributed by atoms with Crippen LogP contribution in [0.4, 0.5) is 4.39 Å². The Kier molecular flexibility index (Phi) is 6.39. The van der Waals surface area contributed by atoms with Crippen LogP contribution in [0.3, 0.4) is 0 Å². The SMILES string of the molecule is C[C@H]1CCC(c2ccccc2)S(=O)(=O)N1Cc1ccc(-c2ccc(S(C)(=O)=O)cn2)cc1F. The van der Waals surface area contributed by atoms with Crippen LogP contribution in [-0.2, 0) is 26.4 Å². The van der Waals surface area contributed by atoms with Crippen molar-refractivity contribution in [2.24, 2.45) is 0 Å². The van der Waals surface area contributed by atoms with Gasteiger partial charge in [0.2, 0.25) is 10.0 Å². The van der Waals surface area contributed by atoms with Gasteiger partial charge < -0.3 is 0 Å². The van der Waals surface area contributed by atoms with E-state index in [1.807, 2.05) is 37.3 Å². The van der Waals surface area contributed by atoms with Crippen LogP contribution in [0, 0.1) is 5.82 Å². The van der Waals surface area contributed by atoms with E-state index in [9.17, 15) is 16.8 Å². The van der Waals surface area contributed by atoms with Crippen molar-refractivity contribution in [3.8, 4) is 11.3 Å². The van der Waals surface area contributed by atoms with Crippen LogP contribution < -0.4 is 0 Å². The summed E-state index contributed by atoms with van der Waals surface area (Å²) in [6.07, 6.45) is 3.55. The van der Waals surface area contributed by atoms with E-state index in [-0.39, 0.29) is 23.0 Å². The van der Waals surface area contributed by atoms with Gasteiger partial charge in [-0.05, 0) is 43.5 Å². The molecule has 9 heteroatoms. The highest BCUT2D eigenvalue weighted by atomic mass is 32.2.